The number of likely N-dealkylation sites (N-methyl/N-ethyl adjacent to an activating group) is 1. The normalized spacial score (nSPS) is 20.4. The molecule has 106 valence electrons. The molecule has 0 amide bonds. The molecule has 2 aliphatic rings. The molecular weight excluding hydrogens is 286 g/mol. The minimum absolute atomic E-state index is 0.630. The Bertz CT molecular complexity index is 769. The Morgan fingerprint density at radius 1 is 1.14 bits per heavy atom. The van der Waals surface area contributed by atoms with Crippen molar-refractivity contribution < 1.29 is 9.84 Å². The third-order valence-corrected chi connectivity index (χ3v) is 4.31. The molecule has 2 aromatic rings. The van der Waals surface area contributed by atoms with Crippen LogP contribution in [-0.4, -0.2) is 29.8 Å². The molecule has 4 rings (SSSR count). The molecule has 0 saturated heterocycles. The molecular formula is C17H14ClNO2. The van der Waals surface area contributed by atoms with Gasteiger partial charge in [0, 0.05) is 28.3 Å². The molecule has 1 N–H and O–H groups in total. The van der Waals surface area contributed by atoms with E-state index in [1.165, 1.54) is 0 Å². The van der Waals surface area contributed by atoms with E-state index < -0.39 is 6.23 Å². The zero-order valence-corrected chi connectivity index (χ0v) is 12.3. The highest BCUT2D eigenvalue weighted by Gasteiger charge is 2.34. The van der Waals surface area contributed by atoms with Gasteiger partial charge in [0.2, 0.25) is 0 Å². The maximum Gasteiger partial charge on any atom is 0.135 e. The van der Waals surface area contributed by atoms with Gasteiger partial charge in [0.1, 0.15) is 17.7 Å². The van der Waals surface area contributed by atoms with Gasteiger partial charge >= 0.3 is 0 Å². The largest absolute Gasteiger partial charge is 0.456 e. The highest BCUT2D eigenvalue weighted by atomic mass is 35.5. The molecule has 1 atom stereocenters. The van der Waals surface area contributed by atoms with E-state index in [0.29, 0.717) is 11.6 Å². The fraction of sp³-hybridized carbons (Fsp3) is 0.176. The standard InChI is InChI=1S/C17H14ClNO2/c1-19-9-13-12-8-10(18)6-7-15(12)21-14-5-3-2-4-11(14)16(13)17(19)20/h2-8,17,20H,9H2,1H3. The van der Waals surface area contributed by atoms with Crippen molar-refractivity contribution in [2.75, 3.05) is 13.6 Å². The van der Waals surface area contributed by atoms with Crippen LogP contribution in [0.2, 0.25) is 5.02 Å². The maximum atomic E-state index is 10.5. The van der Waals surface area contributed by atoms with Crippen LogP contribution in [-0.2, 0) is 0 Å². The van der Waals surface area contributed by atoms with Crippen LogP contribution in [0.5, 0.6) is 11.5 Å². The Balaban J connectivity index is 2.05. The average molecular weight is 300 g/mol. The van der Waals surface area contributed by atoms with Gasteiger partial charge in [-0.1, -0.05) is 29.8 Å². The number of rotatable bonds is 0. The fourth-order valence-corrected chi connectivity index (χ4v) is 3.22. The van der Waals surface area contributed by atoms with E-state index >= 15 is 0 Å². The first-order valence-electron chi connectivity index (χ1n) is 6.83. The van der Waals surface area contributed by atoms with E-state index in [4.69, 9.17) is 16.3 Å². The summed E-state index contributed by atoms with van der Waals surface area (Å²) >= 11 is 6.15. The predicted octanol–water partition coefficient (Wildman–Crippen LogP) is 3.62. The van der Waals surface area contributed by atoms with Crippen LogP contribution in [0.1, 0.15) is 11.1 Å². The number of halogens is 1. The summed E-state index contributed by atoms with van der Waals surface area (Å²) in [4.78, 5) is 1.91. The molecule has 2 aliphatic heterocycles. The van der Waals surface area contributed by atoms with E-state index in [1.54, 1.807) is 0 Å². The van der Waals surface area contributed by atoms with Crippen molar-refractivity contribution in [3.8, 4) is 11.5 Å². The second-order valence-electron chi connectivity index (χ2n) is 5.42. The van der Waals surface area contributed by atoms with Crippen LogP contribution in [0.4, 0.5) is 0 Å². The van der Waals surface area contributed by atoms with Crippen molar-refractivity contribution >= 4 is 22.7 Å². The Labute approximate surface area is 128 Å². The second-order valence-corrected chi connectivity index (χ2v) is 5.86. The summed E-state index contributed by atoms with van der Waals surface area (Å²) in [6, 6.07) is 13.4. The van der Waals surface area contributed by atoms with Gasteiger partial charge in [-0.25, -0.2) is 0 Å². The third kappa shape index (κ3) is 1.89. The molecule has 1 unspecified atom stereocenters. The quantitative estimate of drug-likeness (QED) is 0.806. The Morgan fingerprint density at radius 3 is 2.76 bits per heavy atom. The average Bonchev–Trinajstić information content (AvgIpc) is 2.70. The summed E-state index contributed by atoms with van der Waals surface area (Å²) in [5, 5.41) is 11.2. The molecule has 21 heavy (non-hydrogen) atoms. The summed E-state index contributed by atoms with van der Waals surface area (Å²) in [7, 11) is 1.91. The SMILES string of the molecule is CN1CC2=C(c3ccccc3Oc3ccc(Cl)cc32)C1O. The number of hydrogen-bond acceptors (Lipinski definition) is 3. The number of benzene rings is 2. The van der Waals surface area contributed by atoms with E-state index in [2.05, 4.69) is 0 Å². The van der Waals surface area contributed by atoms with Crippen molar-refractivity contribution in [2.24, 2.45) is 0 Å². The monoisotopic (exact) mass is 299 g/mol. The first kappa shape index (κ1) is 12.9. The van der Waals surface area contributed by atoms with Crippen LogP contribution >= 0.6 is 11.6 Å². The Hall–Kier alpha value is -1.81. The summed E-state index contributed by atoms with van der Waals surface area (Å²) in [6.07, 6.45) is -0.630. The number of aliphatic hydroxyl groups excluding tert-OH is 1. The van der Waals surface area contributed by atoms with Crippen molar-refractivity contribution in [1.29, 1.82) is 0 Å². The highest BCUT2D eigenvalue weighted by molar-refractivity contribution is 6.30. The van der Waals surface area contributed by atoms with Gasteiger partial charge in [-0.2, -0.15) is 0 Å². The van der Waals surface area contributed by atoms with E-state index in [0.717, 1.165) is 33.8 Å². The minimum Gasteiger partial charge on any atom is -0.456 e. The molecule has 4 heteroatoms. The fourth-order valence-electron chi connectivity index (χ4n) is 3.05. The number of hydrogen-bond donors (Lipinski definition) is 1. The summed E-state index contributed by atoms with van der Waals surface area (Å²) < 4.78 is 6.05. The molecule has 0 aliphatic carbocycles. The number of fused-ring (bicyclic) bond motifs is 4. The van der Waals surface area contributed by atoms with Gasteiger partial charge in [0.15, 0.2) is 0 Å². The Kier molecular flexibility index (Phi) is 2.82. The van der Waals surface area contributed by atoms with Gasteiger partial charge in [0.25, 0.3) is 0 Å². The molecule has 0 spiro atoms. The van der Waals surface area contributed by atoms with Crippen molar-refractivity contribution in [3.63, 3.8) is 0 Å². The molecule has 3 nitrogen and oxygen atoms in total. The summed E-state index contributed by atoms with van der Waals surface area (Å²) in [5.74, 6) is 1.54. The van der Waals surface area contributed by atoms with Crippen LogP contribution in [0, 0.1) is 0 Å². The molecule has 0 bridgehead atoms. The van der Waals surface area contributed by atoms with Crippen LogP contribution in [0.25, 0.3) is 11.1 Å². The Morgan fingerprint density at radius 2 is 1.90 bits per heavy atom. The van der Waals surface area contributed by atoms with E-state index in [-0.39, 0.29) is 0 Å². The van der Waals surface area contributed by atoms with E-state index in [1.807, 2.05) is 54.4 Å². The lowest BCUT2D eigenvalue weighted by Crippen LogP contribution is -2.27. The molecule has 0 saturated carbocycles. The molecule has 2 aromatic carbocycles. The molecule has 0 radical (unpaired) electrons. The third-order valence-electron chi connectivity index (χ3n) is 4.07. The minimum atomic E-state index is -0.630. The van der Waals surface area contributed by atoms with Crippen LogP contribution in [0.15, 0.2) is 42.5 Å². The second kappa shape index (κ2) is 4.60. The lowest BCUT2D eigenvalue weighted by molar-refractivity contribution is 0.0921. The lowest BCUT2D eigenvalue weighted by atomic mass is 9.96. The van der Waals surface area contributed by atoms with Crippen molar-refractivity contribution in [2.45, 2.75) is 6.23 Å². The molecule has 2 heterocycles. The number of ether oxygens (including phenoxy) is 1. The van der Waals surface area contributed by atoms with Crippen LogP contribution < -0.4 is 4.74 Å². The smallest absolute Gasteiger partial charge is 0.135 e. The molecule has 0 aromatic heterocycles. The van der Waals surface area contributed by atoms with Gasteiger partial charge in [0.05, 0.1) is 0 Å². The topological polar surface area (TPSA) is 32.7 Å². The molecule has 0 fully saturated rings. The van der Waals surface area contributed by atoms with E-state index in [9.17, 15) is 5.11 Å². The summed E-state index contributed by atoms with van der Waals surface area (Å²) in [5.41, 5.74) is 3.88. The van der Waals surface area contributed by atoms with Gasteiger partial charge < -0.3 is 9.84 Å². The number of nitrogens with zero attached hydrogens (tertiary/aromatic N) is 1. The predicted molar refractivity (Wildman–Crippen MR) is 83.4 cm³/mol. The maximum absolute atomic E-state index is 10.5. The summed E-state index contributed by atoms with van der Waals surface area (Å²) in [6.45, 7) is 0.668. The zero-order chi connectivity index (χ0) is 14.6. The highest BCUT2D eigenvalue weighted by Crippen LogP contribution is 2.47. The van der Waals surface area contributed by atoms with Gasteiger partial charge in [-0.3, -0.25) is 4.90 Å². The lowest BCUT2D eigenvalue weighted by Gasteiger charge is -2.19. The first-order chi connectivity index (χ1) is 10.1. The van der Waals surface area contributed by atoms with Gasteiger partial charge in [-0.15, -0.1) is 0 Å². The van der Waals surface area contributed by atoms with Crippen LogP contribution in [0.3, 0.4) is 0 Å². The van der Waals surface area contributed by atoms with Crippen molar-refractivity contribution in [1.82, 2.24) is 4.90 Å². The number of aliphatic hydroxyl groups is 1. The van der Waals surface area contributed by atoms with Gasteiger partial charge in [-0.05, 0) is 36.9 Å². The first-order valence-corrected chi connectivity index (χ1v) is 7.21. The zero-order valence-electron chi connectivity index (χ0n) is 11.5. The van der Waals surface area contributed by atoms with Crippen molar-refractivity contribution in [3.05, 3.63) is 58.6 Å². The number of para-hydroxylation sites is 1.